The first-order valence-electron chi connectivity index (χ1n) is 9.68. The number of carbonyl (C=O) groups is 1. The predicted molar refractivity (Wildman–Crippen MR) is 90.6 cm³/mol. The number of aliphatic carboxylic acids is 1. The van der Waals surface area contributed by atoms with E-state index in [1.165, 1.54) is 51.4 Å². The molecule has 1 N–H and O–H groups in total. The molecule has 0 heterocycles. The smallest absolute Gasteiger partial charge is 0.304 e. The Balaban J connectivity index is 1.60. The fraction of sp³-hybridized carbons (Fsp3) is 0.857. The molecule has 2 heteroatoms. The topological polar surface area (TPSA) is 37.3 Å². The first-order chi connectivity index (χ1) is 10.9. The molecular weight excluding hydrogens is 284 g/mol. The van der Waals surface area contributed by atoms with Gasteiger partial charge in [-0.3, -0.25) is 4.79 Å². The summed E-state index contributed by atoms with van der Waals surface area (Å²) in [6.07, 6.45) is 11.1. The summed E-state index contributed by atoms with van der Waals surface area (Å²) in [6, 6.07) is 0. The molecule has 4 aliphatic carbocycles. The van der Waals surface area contributed by atoms with Crippen molar-refractivity contribution in [1.82, 2.24) is 0 Å². The van der Waals surface area contributed by atoms with Crippen molar-refractivity contribution in [3.63, 3.8) is 0 Å². The Labute approximate surface area is 140 Å². The fourth-order valence-corrected chi connectivity index (χ4v) is 7.01. The minimum absolute atomic E-state index is 0.0721. The summed E-state index contributed by atoms with van der Waals surface area (Å²) in [4.78, 5) is 11.2. The van der Waals surface area contributed by atoms with Crippen molar-refractivity contribution in [3.8, 4) is 11.8 Å². The Morgan fingerprint density at radius 2 is 1.87 bits per heavy atom. The Bertz CT molecular complexity index is 570. The summed E-state index contributed by atoms with van der Waals surface area (Å²) in [5.74, 6) is 9.24. The number of carboxylic acid groups (broad SMARTS) is 1. The van der Waals surface area contributed by atoms with E-state index in [-0.39, 0.29) is 17.8 Å². The van der Waals surface area contributed by atoms with Gasteiger partial charge in [0.2, 0.25) is 0 Å². The summed E-state index contributed by atoms with van der Waals surface area (Å²) in [5.41, 5.74) is 0.631. The molecule has 0 radical (unpaired) electrons. The number of hydrogen-bond acceptors (Lipinski definition) is 1. The Morgan fingerprint density at radius 3 is 2.65 bits per heavy atom. The van der Waals surface area contributed by atoms with Crippen LogP contribution in [-0.2, 0) is 4.79 Å². The molecule has 7 atom stereocenters. The molecule has 0 aromatic rings. The zero-order chi connectivity index (χ0) is 16.2. The number of carboxylic acids is 1. The van der Waals surface area contributed by atoms with Gasteiger partial charge in [-0.25, -0.2) is 0 Å². The lowest BCUT2D eigenvalue weighted by Gasteiger charge is -2.60. The van der Waals surface area contributed by atoms with E-state index in [9.17, 15) is 9.90 Å². The zero-order valence-corrected chi connectivity index (χ0v) is 14.6. The van der Waals surface area contributed by atoms with E-state index in [4.69, 9.17) is 0 Å². The predicted octanol–water partition coefficient (Wildman–Crippen LogP) is 4.73. The quantitative estimate of drug-likeness (QED) is 0.748. The summed E-state index contributed by atoms with van der Waals surface area (Å²) in [7, 11) is 0. The van der Waals surface area contributed by atoms with Crippen LogP contribution < -0.4 is 0 Å². The SMILES string of the molecule is C[C@]12CC[C@H]3[C@@H](CCC4CCCC[C@@]43C)[C@@H]1C#C[C@@H]2CC(=O)O. The lowest BCUT2D eigenvalue weighted by molar-refractivity contribution is -0.140. The molecule has 3 fully saturated rings. The molecule has 126 valence electrons. The maximum atomic E-state index is 11.2. The second-order valence-corrected chi connectivity index (χ2v) is 9.26. The van der Waals surface area contributed by atoms with Crippen molar-refractivity contribution in [3.05, 3.63) is 0 Å². The van der Waals surface area contributed by atoms with Crippen LogP contribution in [0.5, 0.6) is 0 Å². The van der Waals surface area contributed by atoms with Crippen LogP contribution in [0.25, 0.3) is 0 Å². The molecule has 4 rings (SSSR count). The average molecular weight is 314 g/mol. The number of fused-ring (bicyclic) bond motifs is 5. The number of hydrogen-bond donors (Lipinski definition) is 1. The van der Waals surface area contributed by atoms with Gasteiger partial charge in [-0.1, -0.05) is 38.5 Å². The standard InChI is InChI=1S/C21H30O2/c1-20-11-4-3-5-14(20)6-8-16-17-9-7-15(13-19(22)23)21(17,2)12-10-18(16)20/h14-18H,3-6,8,10-13H2,1-2H3,(H,22,23)/t14?,15-,16+,17+,18+,20+,21-/m1/s1. The highest BCUT2D eigenvalue weighted by atomic mass is 16.4. The van der Waals surface area contributed by atoms with Gasteiger partial charge in [-0.05, 0) is 67.1 Å². The largest absolute Gasteiger partial charge is 0.481 e. The van der Waals surface area contributed by atoms with Crippen molar-refractivity contribution >= 4 is 5.97 Å². The highest BCUT2D eigenvalue weighted by Gasteiger charge is 2.58. The van der Waals surface area contributed by atoms with Gasteiger partial charge in [0.1, 0.15) is 0 Å². The molecule has 0 aliphatic heterocycles. The van der Waals surface area contributed by atoms with Crippen molar-refractivity contribution in [1.29, 1.82) is 0 Å². The summed E-state index contributed by atoms with van der Waals surface area (Å²) in [5, 5.41) is 9.24. The van der Waals surface area contributed by atoms with Gasteiger partial charge in [0, 0.05) is 11.8 Å². The Kier molecular flexibility index (Phi) is 3.56. The van der Waals surface area contributed by atoms with Gasteiger partial charge in [0.25, 0.3) is 0 Å². The molecule has 0 aromatic heterocycles. The van der Waals surface area contributed by atoms with Gasteiger partial charge in [-0.2, -0.15) is 0 Å². The van der Waals surface area contributed by atoms with Gasteiger partial charge < -0.3 is 5.11 Å². The first-order valence-corrected chi connectivity index (χ1v) is 9.68. The molecule has 0 saturated heterocycles. The van der Waals surface area contributed by atoms with Crippen LogP contribution in [0.3, 0.4) is 0 Å². The van der Waals surface area contributed by atoms with E-state index < -0.39 is 5.97 Å². The molecule has 0 bridgehead atoms. The van der Waals surface area contributed by atoms with Crippen molar-refractivity contribution < 1.29 is 9.90 Å². The molecule has 2 nitrogen and oxygen atoms in total. The fourth-order valence-electron chi connectivity index (χ4n) is 7.01. The first kappa shape index (κ1) is 15.6. The third-order valence-corrected chi connectivity index (χ3v) is 8.38. The van der Waals surface area contributed by atoms with Gasteiger partial charge in [-0.15, -0.1) is 0 Å². The summed E-state index contributed by atoms with van der Waals surface area (Å²) < 4.78 is 0. The van der Waals surface area contributed by atoms with Crippen LogP contribution >= 0.6 is 0 Å². The lowest BCUT2D eigenvalue weighted by Crippen LogP contribution is -2.53. The van der Waals surface area contributed by atoms with Gasteiger partial charge in [0.05, 0.1) is 6.42 Å². The molecule has 0 amide bonds. The molecule has 1 unspecified atom stereocenters. The molecule has 0 aromatic carbocycles. The second-order valence-electron chi connectivity index (χ2n) is 9.26. The molecule has 23 heavy (non-hydrogen) atoms. The maximum Gasteiger partial charge on any atom is 0.304 e. The molecule has 3 saturated carbocycles. The number of rotatable bonds is 2. The monoisotopic (exact) mass is 314 g/mol. The van der Waals surface area contributed by atoms with E-state index >= 15 is 0 Å². The van der Waals surface area contributed by atoms with Crippen LogP contribution in [0.1, 0.15) is 71.6 Å². The van der Waals surface area contributed by atoms with Crippen LogP contribution in [0.4, 0.5) is 0 Å². The molecule has 0 spiro atoms. The van der Waals surface area contributed by atoms with Crippen LogP contribution in [0, 0.1) is 52.3 Å². The Morgan fingerprint density at radius 1 is 1.04 bits per heavy atom. The van der Waals surface area contributed by atoms with Crippen molar-refractivity contribution in [2.75, 3.05) is 0 Å². The third kappa shape index (κ3) is 2.19. The summed E-state index contributed by atoms with van der Waals surface area (Å²) >= 11 is 0. The van der Waals surface area contributed by atoms with Crippen LogP contribution in [0.15, 0.2) is 0 Å². The summed E-state index contributed by atoms with van der Waals surface area (Å²) in [6.45, 7) is 4.90. The van der Waals surface area contributed by atoms with E-state index in [1.807, 2.05) is 0 Å². The zero-order valence-electron chi connectivity index (χ0n) is 14.6. The minimum atomic E-state index is -0.684. The average Bonchev–Trinajstić information content (AvgIpc) is 2.83. The molecular formula is C21H30O2. The van der Waals surface area contributed by atoms with Gasteiger partial charge >= 0.3 is 5.97 Å². The lowest BCUT2D eigenvalue weighted by atomic mass is 9.44. The van der Waals surface area contributed by atoms with Crippen LogP contribution in [0.2, 0.25) is 0 Å². The Hall–Kier alpha value is -0.970. The molecule has 4 aliphatic rings. The van der Waals surface area contributed by atoms with Crippen molar-refractivity contribution in [2.45, 2.75) is 71.6 Å². The third-order valence-electron chi connectivity index (χ3n) is 8.38. The maximum absolute atomic E-state index is 11.2. The van der Waals surface area contributed by atoms with E-state index in [0.29, 0.717) is 11.3 Å². The minimum Gasteiger partial charge on any atom is -0.481 e. The van der Waals surface area contributed by atoms with Crippen LogP contribution in [-0.4, -0.2) is 11.1 Å². The normalized spacial score (nSPS) is 51.0. The highest BCUT2D eigenvalue weighted by Crippen LogP contribution is 2.65. The van der Waals surface area contributed by atoms with Crippen molar-refractivity contribution in [2.24, 2.45) is 40.4 Å². The second kappa shape index (κ2) is 5.27. The van der Waals surface area contributed by atoms with E-state index in [2.05, 4.69) is 25.7 Å². The highest BCUT2D eigenvalue weighted by molar-refractivity contribution is 5.68. The van der Waals surface area contributed by atoms with E-state index in [1.54, 1.807) is 0 Å². The van der Waals surface area contributed by atoms with E-state index in [0.717, 1.165) is 17.8 Å². The van der Waals surface area contributed by atoms with Gasteiger partial charge in [0.15, 0.2) is 0 Å².